The Balaban J connectivity index is 2.54. The molecule has 0 saturated heterocycles. The van der Waals surface area contributed by atoms with E-state index in [1.54, 1.807) is 0 Å². The molecule has 21 heavy (non-hydrogen) atoms. The second-order valence-electron chi connectivity index (χ2n) is 5.15. The van der Waals surface area contributed by atoms with Crippen molar-refractivity contribution < 1.29 is 0 Å². The second kappa shape index (κ2) is 7.15. The van der Waals surface area contributed by atoms with Crippen molar-refractivity contribution in [2.75, 3.05) is 0 Å². The van der Waals surface area contributed by atoms with Crippen LogP contribution >= 0.6 is 23.2 Å². The number of halogens is 2. The molecule has 0 N–H and O–H groups in total. The number of aryl methyl sites for hydroxylation is 1. The second-order valence-corrected chi connectivity index (χ2v) is 5.97. The van der Waals surface area contributed by atoms with Crippen molar-refractivity contribution in [2.24, 2.45) is 0 Å². The number of nitrogens with zero attached hydrogens (tertiary/aromatic N) is 3. The minimum absolute atomic E-state index is 0.414. The fourth-order valence-electron chi connectivity index (χ4n) is 2.66. The molecule has 0 saturated carbocycles. The highest BCUT2D eigenvalue weighted by Gasteiger charge is 2.18. The summed E-state index contributed by atoms with van der Waals surface area (Å²) in [5.41, 5.74) is 1.88. The van der Waals surface area contributed by atoms with Crippen LogP contribution in [-0.2, 0) is 6.54 Å². The molecular weight excluding hydrogens is 305 g/mol. The molecule has 0 aliphatic carbocycles. The zero-order valence-electron chi connectivity index (χ0n) is 12.4. The molecule has 3 nitrogen and oxygen atoms in total. The van der Waals surface area contributed by atoms with E-state index in [0.717, 1.165) is 42.7 Å². The number of aromatic nitrogens is 2. The fraction of sp³-hybridized carbons (Fsp3) is 0.500. The fourth-order valence-corrected chi connectivity index (χ4v) is 2.97. The van der Waals surface area contributed by atoms with Gasteiger partial charge in [-0.2, -0.15) is 5.26 Å². The summed E-state index contributed by atoms with van der Waals surface area (Å²) in [7, 11) is 0. The maximum Gasteiger partial charge on any atom is 0.112 e. The average molecular weight is 324 g/mol. The van der Waals surface area contributed by atoms with Gasteiger partial charge in [0, 0.05) is 18.9 Å². The molecule has 0 fully saturated rings. The SMILES string of the molecule is CCC(CC)c1nc2cc(Cl)c(Cl)cc2n1CCCC#N. The Morgan fingerprint density at radius 3 is 2.52 bits per heavy atom. The highest BCUT2D eigenvalue weighted by molar-refractivity contribution is 6.42. The van der Waals surface area contributed by atoms with Crippen molar-refractivity contribution in [3.8, 4) is 6.07 Å². The van der Waals surface area contributed by atoms with E-state index >= 15 is 0 Å². The summed E-state index contributed by atoms with van der Waals surface area (Å²) in [4.78, 5) is 4.77. The molecule has 2 rings (SSSR count). The lowest BCUT2D eigenvalue weighted by Crippen LogP contribution is -2.08. The van der Waals surface area contributed by atoms with Crippen molar-refractivity contribution >= 4 is 34.2 Å². The normalized spacial score (nSPS) is 11.2. The first kappa shape index (κ1) is 16.1. The van der Waals surface area contributed by atoms with Crippen LogP contribution in [-0.4, -0.2) is 9.55 Å². The monoisotopic (exact) mass is 323 g/mol. The molecule has 5 heteroatoms. The predicted octanol–water partition coefficient (Wildman–Crippen LogP) is 5.55. The van der Waals surface area contributed by atoms with Crippen LogP contribution in [0.3, 0.4) is 0 Å². The van der Waals surface area contributed by atoms with Gasteiger partial charge in [-0.15, -0.1) is 0 Å². The third-order valence-corrected chi connectivity index (χ3v) is 4.56. The Bertz CT molecular complexity index is 666. The molecule has 0 radical (unpaired) electrons. The van der Waals surface area contributed by atoms with E-state index in [4.69, 9.17) is 33.4 Å². The van der Waals surface area contributed by atoms with Gasteiger partial charge in [0.15, 0.2) is 0 Å². The lowest BCUT2D eigenvalue weighted by atomic mass is 10.0. The lowest BCUT2D eigenvalue weighted by Gasteiger charge is -2.15. The molecule has 0 bridgehead atoms. The average Bonchev–Trinajstić information content (AvgIpc) is 2.79. The Morgan fingerprint density at radius 2 is 1.90 bits per heavy atom. The standard InChI is InChI=1S/C16H19Cl2N3/c1-3-11(4-2)16-20-14-9-12(17)13(18)10-15(14)21(16)8-6-5-7-19/h9-11H,3-6,8H2,1-2H3. The number of benzene rings is 1. The molecule has 0 aliphatic heterocycles. The summed E-state index contributed by atoms with van der Waals surface area (Å²) < 4.78 is 2.20. The Labute approximate surface area is 135 Å². The highest BCUT2D eigenvalue weighted by atomic mass is 35.5. The summed E-state index contributed by atoms with van der Waals surface area (Å²) in [6.45, 7) is 5.13. The molecule has 112 valence electrons. The Morgan fingerprint density at radius 1 is 1.24 bits per heavy atom. The quantitative estimate of drug-likeness (QED) is 0.654. The molecule has 2 aromatic rings. The maximum atomic E-state index is 8.75. The number of rotatable bonds is 6. The third-order valence-electron chi connectivity index (χ3n) is 3.84. The van der Waals surface area contributed by atoms with Gasteiger partial charge in [-0.05, 0) is 31.4 Å². The van der Waals surface area contributed by atoms with Gasteiger partial charge in [-0.3, -0.25) is 0 Å². The van der Waals surface area contributed by atoms with Crippen LogP contribution in [0.4, 0.5) is 0 Å². The van der Waals surface area contributed by atoms with E-state index < -0.39 is 0 Å². The van der Waals surface area contributed by atoms with Crippen molar-refractivity contribution in [1.29, 1.82) is 5.26 Å². The first-order valence-electron chi connectivity index (χ1n) is 7.34. The van der Waals surface area contributed by atoms with E-state index in [9.17, 15) is 0 Å². The van der Waals surface area contributed by atoms with Crippen LogP contribution < -0.4 is 0 Å². The minimum Gasteiger partial charge on any atom is -0.328 e. The highest BCUT2D eigenvalue weighted by Crippen LogP contribution is 2.32. The van der Waals surface area contributed by atoms with Crippen LogP contribution in [0.25, 0.3) is 11.0 Å². The summed E-state index contributed by atoms with van der Waals surface area (Å²) in [5, 5.41) is 9.82. The maximum absolute atomic E-state index is 8.75. The molecule has 1 aromatic carbocycles. The number of nitriles is 1. The van der Waals surface area contributed by atoms with Crippen molar-refractivity contribution in [2.45, 2.75) is 52.0 Å². The lowest BCUT2D eigenvalue weighted by molar-refractivity contribution is 0.544. The van der Waals surface area contributed by atoms with Crippen LogP contribution in [0.2, 0.25) is 10.0 Å². The molecule has 1 heterocycles. The number of hydrogen-bond donors (Lipinski definition) is 0. The van der Waals surface area contributed by atoms with Gasteiger partial charge >= 0.3 is 0 Å². The van der Waals surface area contributed by atoms with Crippen molar-refractivity contribution in [1.82, 2.24) is 9.55 Å². The molecular formula is C16H19Cl2N3. The van der Waals surface area contributed by atoms with Gasteiger partial charge in [0.25, 0.3) is 0 Å². The minimum atomic E-state index is 0.414. The van der Waals surface area contributed by atoms with Crippen molar-refractivity contribution in [3.63, 3.8) is 0 Å². The predicted molar refractivity (Wildman–Crippen MR) is 87.9 cm³/mol. The number of hydrogen-bond acceptors (Lipinski definition) is 2. The van der Waals surface area contributed by atoms with Crippen LogP contribution in [0.5, 0.6) is 0 Å². The van der Waals surface area contributed by atoms with E-state index in [2.05, 4.69) is 24.5 Å². The number of imidazole rings is 1. The molecule has 0 atom stereocenters. The number of fused-ring (bicyclic) bond motifs is 1. The Kier molecular flexibility index (Phi) is 5.50. The summed E-state index contributed by atoms with van der Waals surface area (Å²) in [6, 6.07) is 5.90. The largest absolute Gasteiger partial charge is 0.328 e. The number of unbranched alkanes of at least 4 members (excludes halogenated alkanes) is 1. The first-order valence-corrected chi connectivity index (χ1v) is 8.10. The summed E-state index contributed by atoms with van der Waals surface area (Å²) >= 11 is 12.3. The molecule has 0 aliphatic rings. The molecule has 0 unspecified atom stereocenters. The molecule has 0 amide bonds. The third kappa shape index (κ3) is 3.33. The smallest absolute Gasteiger partial charge is 0.112 e. The Hall–Kier alpha value is -1.24. The molecule has 0 spiro atoms. The van der Waals surface area contributed by atoms with E-state index in [1.165, 1.54) is 0 Å². The van der Waals surface area contributed by atoms with E-state index in [-0.39, 0.29) is 0 Å². The van der Waals surface area contributed by atoms with Crippen LogP contribution in [0, 0.1) is 11.3 Å². The first-order chi connectivity index (χ1) is 10.1. The summed E-state index contributed by atoms with van der Waals surface area (Å²) in [5.74, 6) is 1.49. The van der Waals surface area contributed by atoms with Gasteiger partial charge in [0.2, 0.25) is 0 Å². The zero-order chi connectivity index (χ0) is 15.4. The van der Waals surface area contributed by atoms with Crippen LogP contribution in [0.15, 0.2) is 12.1 Å². The zero-order valence-corrected chi connectivity index (χ0v) is 13.9. The van der Waals surface area contributed by atoms with E-state index in [0.29, 0.717) is 22.4 Å². The van der Waals surface area contributed by atoms with Gasteiger partial charge in [0.1, 0.15) is 5.82 Å². The van der Waals surface area contributed by atoms with Crippen LogP contribution in [0.1, 0.15) is 51.3 Å². The topological polar surface area (TPSA) is 41.6 Å². The van der Waals surface area contributed by atoms with Gasteiger partial charge in [0.05, 0.1) is 27.1 Å². The van der Waals surface area contributed by atoms with E-state index in [1.807, 2.05) is 12.1 Å². The van der Waals surface area contributed by atoms with Gasteiger partial charge in [-0.25, -0.2) is 4.98 Å². The van der Waals surface area contributed by atoms with Gasteiger partial charge < -0.3 is 4.57 Å². The van der Waals surface area contributed by atoms with Gasteiger partial charge in [-0.1, -0.05) is 37.0 Å². The van der Waals surface area contributed by atoms with Crippen molar-refractivity contribution in [3.05, 3.63) is 28.0 Å². The summed E-state index contributed by atoms with van der Waals surface area (Å²) in [6.07, 6.45) is 3.44. The molecule has 1 aromatic heterocycles.